The van der Waals surface area contributed by atoms with Crippen LogP contribution in [0.3, 0.4) is 0 Å². The van der Waals surface area contributed by atoms with Gasteiger partial charge in [-0.05, 0) is 6.07 Å². The van der Waals surface area contributed by atoms with E-state index in [-0.39, 0.29) is 28.0 Å². The summed E-state index contributed by atoms with van der Waals surface area (Å²) >= 11 is 2.97. The minimum atomic E-state index is -0.690. The lowest BCUT2D eigenvalue weighted by Gasteiger charge is -2.07. The smallest absolute Gasteiger partial charge is 0.313 e. The molecule has 0 atom stereocenters. The van der Waals surface area contributed by atoms with Crippen molar-refractivity contribution in [3.05, 3.63) is 33.4 Å². The van der Waals surface area contributed by atoms with Crippen molar-refractivity contribution in [3.8, 4) is 11.8 Å². The maximum atomic E-state index is 11.6. The molecule has 1 rings (SSSR count). The highest BCUT2D eigenvalue weighted by Gasteiger charge is 2.23. The highest BCUT2D eigenvalue weighted by molar-refractivity contribution is 9.09. The van der Waals surface area contributed by atoms with Crippen molar-refractivity contribution in [3.63, 3.8) is 0 Å². The summed E-state index contributed by atoms with van der Waals surface area (Å²) in [6, 6.07) is 4.11. The lowest BCUT2D eigenvalue weighted by molar-refractivity contribution is -0.385. The minimum absolute atomic E-state index is 0.00457. The molecule has 0 unspecified atom stereocenters. The first-order valence-electron chi connectivity index (χ1n) is 4.40. The van der Waals surface area contributed by atoms with E-state index in [2.05, 4.69) is 15.9 Å². The van der Waals surface area contributed by atoms with Gasteiger partial charge in [0, 0.05) is 6.07 Å². The molecule has 0 amide bonds. The molecule has 1 aromatic carbocycles. The normalized spacial score (nSPS) is 9.47. The average Bonchev–Trinajstić information content (AvgIpc) is 2.35. The number of rotatable bonds is 4. The van der Waals surface area contributed by atoms with E-state index in [1.807, 2.05) is 0 Å². The molecular weight excluding hydrogens is 292 g/mol. The van der Waals surface area contributed by atoms with Crippen molar-refractivity contribution in [2.24, 2.45) is 0 Å². The van der Waals surface area contributed by atoms with E-state index in [0.717, 1.165) is 6.07 Å². The number of methoxy groups -OCH3 is 1. The Labute approximate surface area is 105 Å². The lowest BCUT2D eigenvalue weighted by atomic mass is 10.1. The predicted octanol–water partition coefficient (Wildman–Crippen LogP) is 2.05. The Hall–Kier alpha value is -1.94. The van der Waals surface area contributed by atoms with Gasteiger partial charge in [-0.2, -0.15) is 5.26 Å². The summed E-state index contributed by atoms with van der Waals surface area (Å²) in [5.41, 5.74) is -0.326. The van der Waals surface area contributed by atoms with Gasteiger partial charge < -0.3 is 4.74 Å². The van der Waals surface area contributed by atoms with Gasteiger partial charge in [0.2, 0.25) is 5.75 Å². The number of carbonyl (C=O) groups excluding carboxylic acids is 1. The second kappa shape index (κ2) is 5.41. The van der Waals surface area contributed by atoms with Gasteiger partial charge in [-0.3, -0.25) is 14.9 Å². The minimum Gasteiger partial charge on any atom is -0.490 e. The zero-order valence-corrected chi connectivity index (χ0v) is 10.4. The van der Waals surface area contributed by atoms with Crippen molar-refractivity contribution in [1.82, 2.24) is 0 Å². The molecule has 0 fully saturated rings. The first-order chi connectivity index (χ1) is 8.04. The van der Waals surface area contributed by atoms with Crippen molar-refractivity contribution in [1.29, 1.82) is 5.26 Å². The second-order valence-corrected chi connectivity index (χ2v) is 3.56. The van der Waals surface area contributed by atoms with Gasteiger partial charge in [0.25, 0.3) is 0 Å². The number of nitro groups is 1. The van der Waals surface area contributed by atoms with Gasteiger partial charge in [-0.25, -0.2) is 0 Å². The van der Waals surface area contributed by atoms with Crippen LogP contribution in [0.25, 0.3) is 0 Å². The standard InChI is InChI=1S/C10H7BrN2O4/c1-17-10-7(9(14)4-11)2-6(5-12)3-8(10)13(15)16/h2-3H,4H2,1H3. The van der Waals surface area contributed by atoms with E-state index in [0.29, 0.717) is 0 Å². The molecule has 0 heterocycles. The van der Waals surface area contributed by atoms with E-state index in [4.69, 9.17) is 10.00 Å². The van der Waals surface area contributed by atoms with Crippen molar-refractivity contribution in [2.45, 2.75) is 0 Å². The quantitative estimate of drug-likeness (QED) is 0.367. The molecule has 0 radical (unpaired) electrons. The Balaban J connectivity index is 3.57. The number of benzene rings is 1. The van der Waals surface area contributed by atoms with Crippen LogP contribution in [0.15, 0.2) is 12.1 Å². The Morgan fingerprint density at radius 1 is 1.65 bits per heavy atom. The third kappa shape index (κ3) is 2.60. The van der Waals surface area contributed by atoms with Crippen LogP contribution >= 0.6 is 15.9 Å². The van der Waals surface area contributed by atoms with Crippen LogP contribution in [-0.4, -0.2) is 23.1 Å². The number of nitriles is 1. The van der Waals surface area contributed by atoms with E-state index in [1.165, 1.54) is 13.2 Å². The number of Topliss-reactive ketones (excluding diaryl/α,β-unsaturated/α-hetero) is 1. The van der Waals surface area contributed by atoms with Crippen LogP contribution < -0.4 is 4.74 Å². The Bertz CT molecular complexity index is 522. The maximum absolute atomic E-state index is 11.6. The van der Waals surface area contributed by atoms with Gasteiger partial charge in [0.15, 0.2) is 5.78 Å². The number of ether oxygens (including phenoxy) is 1. The van der Waals surface area contributed by atoms with E-state index >= 15 is 0 Å². The summed E-state index contributed by atoms with van der Waals surface area (Å²) in [6.07, 6.45) is 0. The topological polar surface area (TPSA) is 93.2 Å². The third-order valence-corrected chi connectivity index (χ3v) is 2.53. The van der Waals surface area contributed by atoms with E-state index in [9.17, 15) is 14.9 Å². The number of alkyl halides is 1. The summed E-state index contributed by atoms with van der Waals surface area (Å²) in [4.78, 5) is 21.7. The maximum Gasteiger partial charge on any atom is 0.313 e. The molecule has 0 saturated heterocycles. The third-order valence-electron chi connectivity index (χ3n) is 2.02. The molecule has 0 N–H and O–H groups in total. The van der Waals surface area contributed by atoms with Gasteiger partial charge in [-0.15, -0.1) is 0 Å². The molecule has 17 heavy (non-hydrogen) atoms. The Morgan fingerprint density at radius 2 is 2.29 bits per heavy atom. The lowest BCUT2D eigenvalue weighted by Crippen LogP contribution is -2.06. The number of hydrogen-bond acceptors (Lipinski definition) is 5. The summed E-state index contributed by atoms with van der Waals surface area (Å²) in [5, 5.41) is 19.6. The average molecular weight is 299 g/mol. The number of halogens is 1. The number of ketones is 1. The van der Waals surface area contributed by atoms with E-state index in [1.54, 1.807) is 6.07 Å². The van der Waals surface area contributed by atoms with Crippen LogP contribution in [0.5, 0.6) is 5.75 Å². The predicted molar refractivity (Wildman–Crippen MR) is 62.5 cm³/mol. The van der Waals surface area contributed by atoms with Crippen LogP contribution in [0.4, 0.5) is 5.69 Å². The SMILES string of the molecule is COc1c(C(=O)CBr)cc(C#N)cc1[N+](=O)[O-]. The van der Waals surface area contributed by atoms with Crippen LogP contribution in [0.1, 0.15) is 15.9 Å². The number of nitro benzene ring substituents is 1. The van der Waals surface area contributed by atoms with Crippen molar-refractivity contribution >= 4 is 27.4 Å². The highest BCUT2D eigenvalue weighted by atomic mass is 79.9. The number of nitrogens with zero attached hydrogens (tertiary/aromatic N) is 2. The fraction of sp³-hybridized carbons (Fsp3) is 0.200. The molecule has 6 nitrogen and oxygen atoms in total. The van der Waals surface area contributed by atoms with E-state index < -0.39 is 10.6 Å². The Morgan fingerprint density at radius 3 is 2.71 bits per heavy atom. The summed E-state index contributed by atoms with van der Waals surface area (Å²) < 4.78 is 4.87. The van der Waals surface area contributed by atoms with Gasteiger partial charge in [-0.1, -0.05) is 15.9 Å². The zero-order valence-electron chi connectivity index (χ0n) is 8.77. The zero-order chi connectivity index (χ0) is 13.0. The summed E-state index contributed by atoms with van der Waals surface area (Å²) in [6.45, 7) is 0. The second-order valence-electron chi connectivity index (χ2n) is 3.00. The van der Waals surface area contributed by atoms with Gasteiger partial charge in [0.05, 0.1) is 34.6 Å². The molecular formula is C10H7BrN2O4. The molecule has 0 aromatic heterocycles. The summed E-state index contributed by atoms with van der Waals surface area (Å²) in [7, 11) is 1.24. The number of carbonyl (C=O) groups is 1. The molecule has 1 aromatic rings. The van der Waals surface area contributed by atoms with Crippen LogP contribution in [0.2, 0.25) is 0 Å². The highest BCUT2D eigenvalue weighted by Crippen LogP contribution is 2.32. The fourth-order valence-electron chi connectivity index (χ4n) is 1.31. The van der Waals surface area contributed by atoms with Gasteiger partial charge in [0.1, 0.15) is 0 Å². The molecule has 0 bridgehead atoms. The first-order valence-corrected chi connectivity index (χ1v) is 5.53. The van der Waals surface area contributed by atoms with Gasteiger partial charge >= 0.3 is 5.69 Å². The molecule has 0 spiro atoms. The summed E-state index contributed by atoms with van der Waals surface area (Å²) in [5.74, 6) is -0.513. The molecule has 7 heteroatoms. The molecule has 0 aliphatic rings. The molecule has 0 aliphatic carbocycles. The molecule has 0 aliphatic heterocycles. The van der Waals surface area contributed by atoms with Crippen molar-refractivity contribution < 1.29 is 14.5 Å². The molecule has 88 valence electrons. The largest absolute Gasteiger partial charge is 0.490 e. The van der Waals surface area contributed by atoms with Crippen LogP contribution in [0, 0.1) is 21.4 Å². The first kappa shape index (κ1) is 13.1. The Kier molecular flexibility index (Phi) is 4.17. The molecule has 0 saturated carbocycles. The van der Waals surface area contributed by atoms with Crippen molar-refractivity contribution in [2.75, 3.05) is 12.4 Å². The van der Waals surface area contributed by atoms with Crippen LogP contribution in [-0.2, 0) is 0 Å². The number of hydrogen-bond donors (Lipinski definition) is 0. The monoisotopic (exact) mass is 298 g/mol. The fourth-order valence-corrected chi connectivity index (χ4v) is 1.61.